The van der Waals surface area contributed by atoms with Crippen molar-refractivity contribution in [3.63, 3.8) is 0 Å². The summed E-state index contributed by atoms with van der Waals surface area (Å²) in [6, 6.07) is 1.55. The smallest absolute Gasteiger partial charge is 0.356 e. The molecule has 1 atom stereocenters. The van der Waals surface area contributed by atoms with E-state index in [9.17, 15) is 19.7 Å². The fraction of sp³-hybridized carbons (Fsp3) is 0.364. The molecule has 108 valence electrons. The number of aromatic nitrogens is 1. The Balaban J connectivity index is 3.15. The molecule has 0 saturated carbocycles. The Morgan fingerprint density at radius 3 is 2.60 bits per heavy atom. The van der Waals surface area contributed by atoms with Crippen LogP contribution < -0.4 is 10.6 Å². The van der Waals surface area contributed by atoms with Gasteiger partial charge in [-0.2, -0.15) is 0 Å². The van der Waals surface area contributed by atoms with Crippen LogP contribution in [-0.4, -0.2) is 42.0 Å². The van der Waals surface area contributed by atoms with Crippen molar-refractivity contribution in [1.29, 1.82) is 0 Å². The van der Waals surface area contributed by atoms with Gasteiger partial charge in [-0.25, -0.2) is 9.78 Å². The number of nitro groups is 1. The number of nitrogens with zero attached hydrogens (tertiary/aromatic N) is 2. The molecule has 0 aliphatic heterocycles. The molecule has 0 aliphatic rings. The predicted molar refractivity (Wildman–Crippen MR) is 69.4 cm³/mol. The van der Waals surface area contributed by atoms with Crippen LogP contribution in [0.25, 0.3) is 0 Å². The number of likely N-dealkylation sites (N-methyl/N-ethyl adjacent to an activating group) is 1. The zero-order valence-corrected chi connectivity index (χ0v) is 11.2. The molecule has 0 saturated heterocycles. The van der Waals surface area contributed by atoms with Crippen molar-refractivity contribution in [3.05, 3.63) is 27.9 Å². The highest BCUT2D eigenvalue weighted by atomic mass is 16.6. The highest BCUT2D eigenvalue weighted by molar-refractivity contribution is 5.89. The molecule has 0 bridgehead atoms. The van der Waals surface area contributed by atoms with Gasteiger partial charge in [0.2, 0.25) is 11.7 Å². The molecule has 2 N–H and O–H groups in total. The Bertz CT molecular complexity index is 546. The van der Waals surface area contributed by atoms with Gasteiger partial charge in [0, 0.05) is 13.1 Å². The lowest BCUT2D eigenvalue weighted by molar-refractivity contribution is -0.384. The maximum Gasteiger partial charge on any atom is 0.356 e. The third-order valence-corrected chi connectivity index (χ3v) is 2.46. The molecule has 1 unspecified atom stereocenters. The van der Waals surface area contributed by atoms with Crippen LogP contribution in [0, 0.1) is 10.1 Å². The average Bonchev–Trinajstić information content (AvgIpc) is 2.44. The van der Waals surface area contributed by atoms with E-state index in [-0.39, 0.29) is 23.1 Å². The van der Waals surface area contributed by atoms with Gasteiger partial charge in [-0.15, -0.1) is 0 Å². The molecular formula is C11H14N4O5. The molecular weight excluding hydrogens is 268 g/mol. The van der Waals surface area contributed by atoms with Crippen LogP contribution in [0.1, 0.15) is 17.4 Å². The zero-order valence-electron chi connectivity index (χ0n) is 11.2. The van der Waals surface area contributed by atoms with E-state index < -0.39 is 16.9 Å². The molecule has 1 amide bonds. The molecule has 1 aromatic rings. The number of pyridine rings is 1. The number of carbonyl (C=O) groups is 2. The third-order valence-electron chi connectivity index (χ3n) is 2.46. The molecule has 0 spiro atoms. The van der Waals surface area contributed by atoms with Crippen molar-refractivity contribution in [2.75, 3.05) is 19.5 Å². The van der Waals surface area contributed by atoms with E-state index in [4.69, 9.17) is 0 Å². The predicted octanol–water partition coefficient (Wildman–Crippen LogP) is 0.323. The van der Waals surface area contributed by atoms with Crippen LogP contribution in [0.15, 0.2) is 12.1 Å². The molecule has 0 aromatic carbocycles. The zero-order chi connectivity index (χ0) is 15.3. The number of hydrogen-bond acceptors (Lipinski definition) is 7. The van der Waals surface area contributed by atoms with Crippen molar-refractivity contribution in [2.24, 2.45) is 0 Å². The van der Waals surface area contributed by atoms with Crippen molar-refractivity contribution < 1.29 is 19.2 Å². The van der Waals surface area contributed by atoms with Gasteiger partial charge in [-0.05, 0) is 13.0 Å². The number of amides is 1. The number of nitrogens with one attached hydrogen (secondary N) is 2. The van der Waals surface area contributed by atoms with E-state index in [1.807, 2.05) is 0 Å². The summed E-state index contributed by atoms with van der Waals surface area (Å²) in [4.78, 5) is 36.8. The number of esters is 1. The summed E-state index contributed by atoms with van der Waals surface area (Å²) >= 11 is 0. The Hall–Kier alpha value is -2.71. The standard InChI is InChI=1S/C11H14N4O5/c1-6(10(16)12-2)13-9-8(15(18)19)5-4-7(14-9)11(17)20-3/h4-6H,1-3H3,(H,12,16)(H,13,14). The molecule has 9 heteroatoms. The second-order valence-corrected chi connectivity index (χ2v) is 3.79. The highest BCUT2D eigenvalue weighted by Crippen LogP contribution is 2.23. The largest absolute Gasteiger partial charge is 0.464 e. The first-order chi connectivity index (χ1) is 9.40. The van der Waals surface area contributed by atoms with E-state index in [1.54, 1.807) is 0 Å². The summed E-state index contributed by atoms with van der Waals surface area (Å²) in [6.07, 6.45) is 0. The van der Waals surface area contributed by atoms with Crippen molar-refractivity contribution in [3.8, 4) is 0 Å². The van der Waals surface area contributed by atoms with Crippen molar-refractivity contribution >= 4 is 23.4 Å². The number of rotatable bonds is 5. The topological polar surface area (TPSA) is 123 Å². The molecule has 0 aliphatic carbocycles. The molecule has 0 fully saturated rings. The monoisotopic (exact) mass is 282 g/mol. The van der Waals surface area contributed by atoms with Crippen LogP contribution in [0.3, 0.4) is 0 Å². The first kappa shape index (κ1) is 15.3. The van der Waals surface area contributed by atoms with Crippen molar-refractivity contribution in [2.45, 2.75) is 13.0 Å². The second-order valence-electron chi connectivity index (χ2n) is 3.79. The number of anilines is 1. The van der Waals surface area contributed by atoms with Gasteiger partial charge < -0.3 is 15.4 Å². The quantitative estimate of drug-likeness (QED) is 0.453. The molecule has 0 radical (unpaired) electrons. The molecule has 1 heterocycles. The normalized spacial score (nSPS) is 11.3. The average molecular weight is 282 g/mol. The van der Waals surface area contributed by atoms with Crippen molar-refractivity contribution in [1.82, 2.24) is 10.3 Å². The van der Waals surface area contributed by atoms with Crippen LogP contribution in [0.5, 0.6) is 0 Å². The number of carbonyl (C=O) groups excluding carboxylic acids is 2. The summed E-state index contributed by atoms with van der Waals surface area (Å²) in [6.45, 7) is 1.51. The number of hydrogen-bond donors (Lipinski definition) is 2. The van der Waals surface area contributed by atoms with E-state index in [2.05, 4.69) is 20.4 Å². The van der Waals surface area contributed by atoms with E-state index in [0.717, 1.165) is 6.07 Å². The maximum atomic E-state index is 11.4. The van der Waals surface area contributed by atoms with Gasteiger partial charge in [-0.3, -0.25) is 14.9 Å². The lowest BCUT2D eigenvalue weighted by Crippen LogP contribution is -2.35. The Kier molecular flexibility index (Phi) is 4.95. The maximum absolute atomic E-state index is 11.4. The number of ether oxygens (including phenoxy) is 1. The summed E-state index contributed by atoms with van der Waals surface area (Å²) in [5.74, 6) is -1.27. The Morgan fingerprint density at radius 1 is 1.45 bits per heavy atom. The van der Waals surface area contributed by atoms with E-state index in [0.29, 0.717) is 0 Å². The summed E-state index contributed by atoms with van der Waals surface area (Å²) in [5, 5.41) is 15.9. The van der Waals surface area contributed by atoms with Crippen LogP contribution in [0.4, 0.5) is 11.5 Å². The van der Waals surface area contributed by atoms with Gasteiger partial charge >= 0.3 is 11.7 Å². The minimum absolute atomic E-state index is 0.0929. The minimum atomic E-state index is -0.751. The lowest BCUT2D eigenvalue weighted by atomic mass is 10.2. The van der Waals surface area contributed by atoms with Gasteiger partial charge in [0.25, 0.3) is 0 Å². The highest BCUT2D eigenvalue weighted by Gasteiger charge is 2.22. The first-order valence-electron chi connectivity index (χ1n) is 5.62. The van der Waals surface area contributed by atoms with E-state index in [1.165, 1.54) is 27.1 Å². The summed E-state index contributed by atoms with van der Waals surface area (Å²) in [5.41, 5.74) is -0.432. The van der Waals surface area contributed by atoms with Crippen LogP contribution in [-0.2, 0) is 9.53 Å². The lowest BCUT2D eigenvalue weighted by Gasteiger charge is -2.13. The molecule has 9 nitrogen and oxygen atoms in total. The third kappa shape index (κ3) is 3.40. The van der Waals surface area contributed by atoms with E-state index >= 15 is 0 Å². The molecule has 1 aromatic heterocycles. The Labute approximate surface area is 114 Å². The SMILES string of the molecule is CNC(=O)C(C)Nc1nc(C(=O)OC)ccc1[N+](=O)[O-]. The van der Waals surface area contributed by atoms with Crippen LogP contribution >= 0.6 is 0 Å². The van der Waals surface area contributed by atoms with Crippen LogP contribution in [0.2, 0.25) is 0 Å². The molecule has 20 heavy (non-hydrogen) atoms. The fourth-order valence-electron chi connectivity index (χ4n) is 1.41. The Morgan fingerprint density at radius 2 is 2.10 bits per heavy atom. The molecule has 1 rings (SSSR count). The first-order valence-corrected chi connectivity index (χ1v) is 5.62. The minimum Gasteiger partial charge on any atom is -0.464 e. The van der Waals surface area contributed by atoms with Gasteiger partial charge in [0.05, 0.1) is 12.0 Å². The van der Waals surface area contributed by atoms with Gasteiger partial charge in [0.15, 0.2) is 5.69 Å². The van der Waals surface area contributed by atoms with Gasteiger partial charge in [-0.1, -0.05) is 0 Å². The fourth-order valence-corrected chi connectivity index (χ4v) is 1.41. The summed E-state index contributed by atoms with van der Waals surface area (Å²) in [7, 11) is 2.61. The number of methoxy groups -OCH3 is 1. The second kappa shape index (κ2) is 6.45. The van der Waals surface area contributed by atoms with Gasteiger partial charge in [0.1, 0.15) is 6.04 Å². The summed E-state index contributed by atoms with van der Waals surface area (Å²) < 4.78 is 4.49.